The van der Waals surface area contributed by atoms with Crippen LogP contribution in [0.3, 0.4) is 0 Å². The van der Waals surface area contributed by atoms with Crippen LogP contribution in [0.2, 0.25) is 0 Å². The van der Waals surface area contributed by atoms with E-state index >= 15 is 0 Å². The Morgan fingerprint density at radius 2 is 0.958 bits per heavy atom. The van der Waals surface area contributed by atoms with E-state index < -0.39 is 8.32 Å². The lowest BCUT2D eigenvalue weighted by molar-refractivity contribution is 0.146. The molecule has 3 heteroatoms. The van der Waals surface area contributed by atoms with Crippen molar-refractivity contribution in [2.45, 2.75) is 0 Å². The van der Waals surface area contributed by atoms with E-state index in [1.807, 2.05) is 18.2 Å². The predicted molar refractivity (Wildman–Crippen MR) is 102 cm³/mol. The molecular weight excluding hydrogens is 312 g/mol. The molecule has 122 valence electrons. The average Bonchev–Trinajstić information content (AvgIpc) is 2.68. The number of hydrogen-bond acceptors (Lipinski definition) is 2. The maximum Gasteiger partial charge on any atom is 0.288 e. The first-order chi connectivity index (χ1) is 11.9. The second-order valence-corrected chi connectivity index (χ2v) is 9.00. The third-order valence-electron chi connectivity index (χ3n) is 4.15. The molecule has 3 rings (SSSR count). The molecule has 0 N–H and O–H groups in total. The Hall–Kier alpha value is -2.20. The van der Waals surface area contributed by atoms with Crippen LogP contribution in [0.15, 0.2) is 91.0 Å². The molecule has 0 aliphatic carbocycles. The van der Waals surface area contributed by atoms with Gasteiger partial charge in [0.25, 0.3) is 8.32 Å². The lowest BCUT2D eigenvalue weighted by Crippen LogP contribution is -2.69. The molecule has 0 unspecified atom stereocenters. The number of rotatable bonds is 7. The van der Waals surface area contributed by atoms with Gasteiger partial charge in [0.1, 0.15) is 0 Å². The Labute approximate surface area is 144 Å². The minimum absolute atomic E-state index is 0.571. The summed E-state index contributed by atoms with van der Waals surface area (Å²) in [5, 5.41) is 3.75. The first kappa shape index (κ1) is 16.6. The molecule has 0 atom stereocenters. The molecule has 0 aliphatic heterocycles. The van der Waals surface area contributed by atoms with E-state index in [1.54, 1.807) is 7.11 Å². The van der Waals surface area contributed by atoms with Crippen molar-refractivity contribution < 1.29 is 9.16 Å². The molecule has 2 nitrogen and oxygen atoms in total. The molecule has 0 radical (unpaired) electrons. The van der Waals surface area contributed by atoms with Gasteiger partial charge in [0.15, 0.2) is 0 Å². The molecule has 0 spiro atoms. The maximum absolute atomic E-state index is 6.64. The fraction of sp³-hybridized carbons (Fsp3) is 0.143. The molecule has 3 aromatic carbocycles. The smallest absolute Gasteiger partial charge is 0.288 e. The Morgan fingerprint density at radius 1 is 0.583 bits per heavy atom. The zero-order chi connectivity index (χ0) is 16.7. The summed E-state index contributed by atoms with van der Waals surface area (Å²) in [5.41, 5.74) is 0. The molecule has 0 bridgehead atoms. The van der Waals surface area contributed by atoms with Crippen LogP contribution in [0.1, 0.15) is 0 Å². The fourth-order valence-electron chi connectivity index (χ4n) is 3.05. The molecule has 0 saturated heterocycles. The minimum Gasteiger partial charge on any atom is -0.402 e. The molecule has 0 amide bonds. The number of ether oxygens (including phenoxy) is 1. The summed E-state index contributed by atoms with van der Waals surface area (Å²) < 4.78 is 11.9. The van der Waals surface area contributed by atoms with Crippen LogP contribution in [0, 0.1) is 0 Å². The summed E-state index contributed by atoms with van der Waals surface area (Å²) >= 11 is 0. The molecule has 24 heavy (non-hydrogen) atoms. The number of methoxy groups -OCH3 is 1. The highest BCUT2D eigenvalue weighted by atomic mass is 28.4. The van der Waals surface area contributed by atoms with Crippen molar-refractivity contribution in [1.82, 2.24) is 0 Å². The first-order valence-corrected chi connectivity index (χ1v) is 10.1. The van der Waals surface area contributed by atoms with Crippen molar-refractivity contribution in [1.29, 1.82) is 0 Å². The summed E-state index contributed by atoms with van der Waals surface area (Å²) in [6, 6.07) is 31.7. The Kier molecular flexibility index (Phi) is 5.59. The van der Waals surface area contributed by atoms with Gasteiger partial charge in [-0.3, -0.25) is 0 Å². The van der Waals surface area contributed by atoms with Gasteiger partial charge in [0.05, 0.1) is 13.2 Å². The highest BCUT2D eigenvalue weighted by molar-refractivity contribution is 7.07. The molecule has 0 fully saturated rings. The van der Waals surface area contributed by atoms with E-state index in [2.05, 4.69) is 72.8 Å². The van der Waals surface area contributed by atoms with Gasteiger partial charge >= 0.3 is 0 Å². The third-order valence-corrected chi connectivity index (χ3v) is 8.22. The van der Waals surface area contributed by atoms with Gasteiger partial charge in [0.2, 0.25) is 0 Å². The van der Waals surface area contributed by atoms with Crippen LogP contribution in [-0.4, -0.2) is 28.6 Å². The SMILES string of the molecule is COCCO[Si](c1ccccc1)(c1ccccc1)c1ccccc1. The van der Waals surface area contributed by atoms with Crippen molar-refractivity contribution in [3.05, 3.63) is 91.0 Å². The van der Waals surface area contributed by atoms with Crippen LogP contribution in [0.5, 0.6) is 0 Å². The monoisotopic (exact) mass is 334 g/mol. The molecule has 0 aromatic heterocycles. The summed E-state index contributed by atoms with van der Waals surface area (Å²) in [6.07, 6.45) is 0. The topological polar surface area (TPSA) is 18.5 Å². The zero-order valence-corrected chi connectivity index (χ0v) is 14.9. The normalized spacial score (nSPS) is 11.4. The lowest BCUT2D eigenvalue weighted by Gasteiger charge is -2.33. The van der Waals surface area contributed by atoms with Crippen molar-refractivity contribution >= 4 is 23.9 Å². The fourth-order valence-corrected chi connectivity index (χ4v) is 6.92. The maximum atomic E-state index is 6.64. The van der Waals surface area contributed by atoms with Crippen molar-refractivity contribution in [3.8, 4) is 0 Å². The van der Waals surface area contributed by atoms with Gasteiger partial charge in [-0.15, -0.1) is 0 Å². The predicted octanol–water partition coefficient (Wildman–Crippen LogP) is 2.32. The molecular formula is C21H22O2Si. The third kappa shape index (κ3) is 3.34. The summed E-state index contributed by atoms with van der Waals surface area (Å²) in [4.78, 5) is 0. The standard InChI is InChI=1S/C21H22O2Si/c1-22-17-18-23-24(19-11-5-2-6-12-19,20-13-7-3-8-14-20)21-15-9-4-10-16-21/h2-16H,17-18H2,1H3. The van der Waals surface area contributed by atoms with E-state index in [-0.39, 0.29) is 0 Å². The van der Waals surface area contributed by atoms with Crippen LogP contribution in [-0.2, 0) is 9.16 Å². The van der Waals surface area contributed by atoms with Crippen LogP contribution < -0.4 is 15.6 Å². The van der Waals surface area contributed by atoms with Gasteiger partial charge in [-0.25, -0.2) is 0 Å². The largest absolute Gasteiger partial charge is 0.402 e. The van der Waals surface area contributed by atoms with Crippen LogP contribution >= 0.6 is 0 Å². The summed E-state index contributed by atoms with van der Waals surface area (Å²) in [7, 11) is -0.833. The summed E-state index contributed by atoms with van der Waals surface area (Å²) in [5.74, 6) is 0. The molecule has 3 aromatic rings. The van der Waals surface area contributed by atoms with Gasteiger partial charge < -0.3 is 9.16 Å². The second-order valence-electron chi connectivity index (χ2n) is 5.62. The van der Waals surface area contributed by atoms with E-state index in [1.165, 1.54) is 15.6 Å². The quantitative estimate of drug-likeness (QED) is 0.375. The van der Waals surface area contributed by atoms with E-state index in [0.717, 1.165) is 0 Å². The molecule has 0 aliphatic rings. The average molecular weight is 334 g/mol. The van der Waals surface area contributed by atoms with Gasteiger partial charge in [-0.2, -0.15) is 0 Å². The second kappa shape index (κ2) is 8.06. The van der Waals surface area contributed by atoms with Crippen molar-refractivity contribution in [3.63, 3.8) is 0 Å². The van der Waals surface area contributed by atoms with Gasteiger partial charge in [0, 0.05) is 7.11 Å². The molecule has 0 saturated carbocycles. The van der Waals surface area contributed by atoms with E-state index in [0.29, 0.717) is 13.2 Å². The van der Waals surface area contributed by atoms with Crippen molar-refractivity contribution in [2.75, 3.05) is 20.3 Å². The Bertz CT molecular complexity index is 633. The Morgan fingerprint density at radius 3 is 1.29 bits per heavy atom. The Balaban J connectivity index is 2.20. The van der Waals surface area contributed by atoms with E-state index in [9.17, 15) is 0 Å². The van der Waals surface area contributed by atoms with Crippen molar-refractivity contribution in [2.24, 2.45) is 0 Å². The first-order valence-electron chi connectivity index (χ1n) is 8.17. The zero-order valence-electron chi connectivity index (χ0n) is 13.9. The number of benzene rings is 3. The molecule has 0 heterocycles. The highest BCUT2D eigenvalue weighted by Gasteiger charge is 2.41. The van der Waals surface area contributed by atoms with E-state index in [4.69, 9.17) is 9.16 Å². The number of hydrogen-bond donors (Lipinski definition) is 0. The highest BCUT2D eigenvalue weighted by Crippen LogP contribution is 2.09. The van der Waals surface area contributed by atoms with Gasteiger partial charge in [-0.05, 0) is 15.6 Å². The van der Waals surface area contributed by atoms with Crippen LogP contribution in [0.25, 0.3) is 0 Å². The lowest BCUT2D eigenvalue weighted by atomic mass is 10.3. The summed E-state index contributed by atoms with van der Waals surface area (Å²) in [6.45, 7) is 1.16. The van der Waals surface area contributed by atoms with Crippen LogP contribution in [0.4, 0.5) is 0 Å². The minimum atomic E-state index is -2.54. The van der Waals surface area contributed by atoms with Gasteiger partial charge in [-0.1, -0.05) is 91.0 Å².